The molecule has 1 heterocycles. The van der Waals surface area contributed by atoms with Crippen LogP contribution in [0.25, 0.3) is 22.6 Å². The van der Waals surface area contributed by atoms with Gasteiger partial charge >= 0.3 is 0 Å². The summed E-state index contributed by atoms with van der Waals surface area (Å²) < 4.78 is 5.80. The highest BCUT2D eigenvalue weighted by molar-refractivity contribution is 5.92. The summed E-state index contributed by atoms with van der Waals surface area (Å²) in [6.45, 7) is 1.82. The number of carbonyl (C=O) groups excluding carboxylic acids is 1. The van der Waals surface area contributed by atoms with Crippen molar-refractivity contribution < 1.29 is 9.21 Å². The Hall–Kier alpha value is -2.82. The van der Waals surface area contributed by atoms with Crippen LogP contribution in [-0.2, 0) is 4.79 Å². The first-order chi connectivity index (χ1) is 11.1. The topological polar surface area (TPSA) is 58.4 Å². The number of carbonyl (C=O) groups is 1. The summed E-state index contributed by atoms with van der Waals surface area (Å²) in [5.41, 5.74) is 4.20. The molecule has 0 spiro atoms. The van der Waals surface area contributed by atoms with E-state index in [0.29, 0.717) is 17.9 Å². The molecule has 0 aliphatic carbocycles. The monoisotopic (exact) mass is 309 g/mol. The molecule has 2 aromatic carbocycles. The van der Waals surface area contributed by atoms with Crippen molar-refractivity contribution in [1.82, 2.24) is 4.98 Å². The van der Waals surface area contributed by atoms with Gasteiger partial charge in [-0.05, 0) is 42.5 Å². The molecule has 0 unspecified atom stereocenters. The zero-order chi connectivity index (χ0) is 16.4. The molecule has 5 nitrogen and oxygen atoms in total. The standard InChI is InChI=1S/C18H19N3O2/c1-4-17(22)19-13-7-10-16-15(11-13)20-18(23-16)12-5-8-14(9-6-12)21(2)3/h5-11H,4H2,1-3H3,(H,19,22). The van der Waals surface area contributed by atoms with Crippen LogP contribution in [0.2, 0.25) is 0 Å². The highest BCUT2D eigenvalue weighted by Crippen LogP contribution is 2.27. The number of nitrogens with zero attached hydrogens (tertiary/aromatic N) is 2. The number of fused-ring (bicyclic) bond motifs is 1. The Morgan fingerprint density at radius 3 is 2.57 bits per heavy atom. The molecule has 1 N–H and O–H groups in total. The van der Waals surface area contributed by atoms with E-state index in [4.69, 9.17) is 4.42 Å². The van der Waals surface area contributed by atoms with Crippen LogP contribution < -0.4 is 10.2 Å². The van der Waals surface area contributed by atoms with E-state index in [2.05, 4.69) is 10.3 Å². The number of hydrogen-bond donors (Lipinski definition) is 1. The lowest BCUT2D eigenvalue weighted by Gasteiger charge is -2.11. The van der Waals surface area contributed by atoms with Crippen LogP contribution in [0.1, 0.15) is 13.3 Å². The van der Waals surface area contributed by atoms with E-state index in [1.54, 1.807) is 0 Å². The third kappa shape index (κ3) is 3.18. The molecule has 0 saturated heterocycles. The van der Waals surface area contributed by atoms with Crippen molar-refractivity contribution in [2.24, 2.45) is 0 Å². The number of rotatable bonds is 4. The molecular weight excluding hydrogens is 290 g/mol. The first-order valence-corrected chi connectivity index (χ1v) is 7.55. The van der Waals surface area contributed by atoms with Gasteiger partial charge in [0.1, 0.15) is 5.52 Å². The van der Waals surface area contributed by atoms with Crippen LogP contribution >= 0.6 is 0 Å². The molecule has 1 amide bonds. The average molecular weight is 309 g/mol. The molecule has 23 heavy (non-hydrogen) atoms. The van der Waals surface area contributed by atoms with Crippen LogP contribution in [0.3, 0.4) is 0 Å². The normalized spacial score (nSPS) is 10.7. The molecule has 0 radical (unpaired) electrons. The van der Waals surface area contributed by atoms with Crippen LogP contribution in [0.4, 0.5) is 11.4 Å². The fraction of sp³-hybridized carbons (Fsp3) is 0.222. The summed E-state index contributed by atoms with van der Waals surface area (Å²) >= 11 is 0. The minimum absolute atomic E-state index is 0.0210. The zero-order valence-corrected chi connectivity index (χ0v) is 13.5. The lowest BCUT2D eigenvalue weighted by atomic mass is 10.2. The second-order valence-corrected chi connectivity index (χ2v) is 5.54. The molecule has 0 aliphatic heterocycles. The molecule has 0 bridgehead atoms. The number of amides is 1. The van der Waals surface area contributed by atoms with Gasteiger partial charge in [-0.3, -0.25) is 4.79 Å². The van der Waals surface area contributed by atoms with Gasteiger partial charge in [-0.1, -0.05) is 6.92 Å². The molecule has 0 atom stereocenters. The lowest BCUT2D eigenvalue weighted by molar-refractivity contribution is -0.115. The van der Waals surface area contributed by atoms with Gasteiger partial charge in [0.2, 0.25) is 11.8 Å². The maximum absolute atomic E-state index is 11.5. The number of benzene rings is 2. The van der Waals surface area contributed by atoms with Gasteiger partial charge in [-0.25, -0.2) is 4.98 Å². The Labute approximate surface area is 134 Å². The highest BCUT2D eigenvalue weighted by Gasteiger charge is 2.10. The van der Waals surface area contributed by atoms with E-state index in [-0.39, 0.29) is 5.91 Å². The van der Waals surface area contributed by atoms with E-state index in [0.717, 1.165) is 22.5 Å². The Bertz CT molecular complexity index is 835. The summed E-state index contributed by atoms with van der Waals surface area (Å²) in [7, 11) is 4.00. The van der Waals surface area contributed by atoms with E-state index in [9.17, 15) is 4.79 Å². The van der Waals surface area contributed by atoms with E-state index in [1.807, 2.05) is 68.4 Å². The Morgan fingerprint density at radius 2 is 1.91 bits per heavy atom. The van der Waals surface area contributed by atoms with Crippen LogP contribution in [-0.4, -0.2) is 25.0 Å². The van der Waals surface area contributed by atoms with Crippen LogP contribution in [0.5, 0.6) is 0 Å². The van der Waals surface area contributed by atoms with Gasteiger partial charge in [-0.15, -0.1) is 0 Å². The molecular formula is C18H19N3O2. The van der Waals surface area contributed by atoms with E-state index in [1.165, 1.54) is 0 Å². The first-order valence-electron chi connectivity index (χ1n) is 7.55. The van der Waals surface area contributed by atoms with Gasteiger partial charge in [-0.2, -0.15) is 0 Å². The number of hydrogen-bond acceptors (Lipinski definition) is 4. The summed E-state index contributed by atoms with van der Waals surface area (Å²) in [6, 6.07) is 13.5. The number of oxazole rings is 1. The molecule has 0 aliphatic rings. The van der Waals surface area contributed by atoms with E-state index >= 15 is 0 Å². The average Bonchev–Trinajstić information content (AvgIpc) is 2.98. The van der Waals surface area contributed by atoms with Crippen molar-refractivity contribution in [1.29, 1.82) is 0 Å². The smallest absolute Gasteiger partial charge is 0.227 e. The minimum atomic E-state index is -0.0210. The summed E-state index contributed by atoms with van der Waals surface area (Å²) in [4.78, 5) is 18.0. The van der Waals surface area contributed by atoms with Crippen molar-refractivity contribution >= 4 is 28.4 Å². The van der Waals surface area contributed by atoms with Crippen molar-refractivity contribution in [3.05, 3.63) is 42.5 Å². The molecule has 0 fully saturated rings. The highest BCUT2D eigenvalue weighted by atomic mass is 16.3. The molecule has 5 heteroatoms. The van der Waals surface area contributed by atoms with Crippen molar-refractivity contribution in [2.75, 3.05) is 24.3 Å². The first kappa shape index (κ1) is 15.1. The largest absolute Gasteiger partial charge is 0.436 e. The molecule has 1 aromatic heterocycles. The number of anilines is 2. The van der Waals surface area contributed by atoms with Crippen molar-refractivity contribution in [2.45, 2.75) is 13.3 Å². The Morgan fingerprint density at radius 1 is 1.17 bits per heavy atom. The molecule has 3 aromatic rings. The number of aromatic nitrogens is 1. The van der Waals surface area contributed by atoms with Gasteiger partial charge < -0.3 is 14.6 Å². The fourth-order valence-electron chi connectivity index (χ4n) is 2.28. The summed E-state index contributed by atoms with van der Waals surface area (Å²) in [5, 5.41) is 2.83. The molecule has 0 saturated carbocycles. The number of nitrogens with one attached hydrogen (secondary N) is 1. The second-order valence-electron chi connectivity index (χ2n) is 5.54. The van der Waals surface area contributed by atoms with Crippen LogP contribution in [0.15, 0.2) is 46.9 Å². The quantitative estimate of drug-likeness (QED) is 0.794. The van der Waals surface area contributed by atoms with Gasteiger partial charge in [0.15, 0.2) is 5.58 Å². The maximum atomic E-state index is 11.5. The predicted molar refractivity (Wildman–Crippen MR) is 92.7 cm³/mol. The minimum Gasteiger partial charge on any atom is -0.436 e. The summed E-state index contributed by atoms with van der Waals surface area (Å²) in [6.07, 6.45) is 0.445. The lowest BCUT2D eigenvalue weighted by Crippen LogP contribution is -2.08. The fourth-order valence-corrected chi connectivity index (χ4v) is 2.28. The predicted octanol–water partition coefficient (Wildman–Crippen LogP) is 3.91. The SMILES string of the molecule is CCC(=O)Nc1ccc2oc(-c3ccc(N(C)C)cc3)nc2c1. The van der Waals surface area contributed by atoms with Gasteiger partial charge in [0.05, 0.1) is 0 Å². The summed E-state index contributed by atoms with van der Waals surface area (Å²) in [5.74, 6) is 0.552. The van der Waals surface area contributed by atoms with Gasteiger partial charge in [0.25, 0.3) is 0 Å². The molecule has 3 rings (SSSR count). The third-order valence-electron chi connectivity index (χ3n) is 3.62. The maximum Gasteiger partial charge on any atom is 0.227 e. The van der Waals surface area contributed by atoms with Gasteiger partial charge in [0, 0.05) is 37.5 Å². The second kappa shape index (κ2) is 6.12. The zero-order valence-electron chi connectivity index (χ0n) is 13.5. The molecule has 118 valence electrons. The van der Waals surface area contributed by atoms with E-state index < -0.39 is 0 Å². The van der Waals surface area contributed by atoms with Crippen LogP contribution in [0, 0.1) is 0 Å². The van der Waals surface area contributed by atoms with Crippen molar-refractivity contribution in [3.63, 3.8) is 0 Å². The van der Waals surface area contributed by atoms with Crippen molar-refractivity contribution in [3.8, 4) is 11.5 Å². The third-order valence-corrected chi connectivity index (χ3v) is 3.62. The Kier molecular flexibility index (Phi) is 4.02. The Balaban J connectivity index is 1.91.